The average molecular weight is 377 g/mol. The van der Waals surface area contributed by atoms with Crippen LogP contribution in [-0.2, 0) is 13.0 Å². The molecule has 1 amide bonds. The minimum Gasteiger partial charge on any atom is -0.467 e. The van der Waals surface area contributed by atoms with Gasteiger partial charge in [0.2, 0.25) is 0 Å². The van der Waals surface area contributed by atoms with Gasteiger partial charge in [0.1, 0.15) is 27.8 Å². The van der Waals surface area contributed by atoms with Crippen LogP contribution in [0, 0.1) is 0 Å². The standard InChI is InChI=1S/C18H21ClN4O3/c1-10(20)7-13-15(18(24)23(2)3)16-17(26-13)12(8-14(19)22-16)21-9-11-5-4-6-25-11/h4-6,8,10H,7,9,20H2,1-3H3,(H,21,22). The zero-order valence-corrected chi connectivity index (χ0v) is 15.6. The van der Waals surface area contributed by atoms with E-state index in [2.05, 4.69) is 10.3 Å². The van der Waals surface area contributed by atoms with Crippen LogP contribution in [0.15, 0.2) is 33.3 Å². The van der Waals surface area contributed by atoms with Crippen LogP contribution < -0.4 is 11.1 Å². The minimum atomic E-state index is -0.203. The molecule has 1 atom stereocenters. The summed E-state index contributed by atoms with van der Waals surface area (Å²) in [5, 5.41) is 3.49. The van der Waals surface area contributed by atoms with Gasteiger partial charge < -0.3 is 24.8 Å². The summed E-state index contributed by atoms with van der Waals surface area (Å²) in [6.07, 6.45) is 2.02. The number of nitrogens with zero attached hydrogens (tertiary/aromatic N) is 2. The number of hydrogen-bond acceptors (Lipinski definition) is 6. The monoisotopic (exact) mass is 376 g/mol. The van der Waals surface area contributed by atoms with Crippen molar-refractivity contribution in [1.29, 1.82) is 0 Å². The lowest BCUT2D eigenvalue weighted by Crippen LogP contribution is -2.24. The van der Waals surface area contributed by atoms with E-state index in [1.54, 1.807) is 26.4 Å². The van der Waals surface area contributed by atoms with E-state index >= 15 is 0 Å². The summed E-state index contributed by atoms with van der Waals surface area (Å²) in [4.78, 5) is 18.5. The fourth-order valence-corrected chi connectivity index (χ4v) is 2.88. The highest BCUT2D eigenvalue weighted by molar-refractivity contribution is 6.30. The highest BCUT2D eigenvalue weighted by Gasteiger charge is 2.26. The predicted octanol–water partition coefficient (Wildman–Crippen LogP) is 3.28. The quantitative estimate of drug-likeness (QED) is 0.641. The lowest BCUT2D eigenvalue weighted by Gasteiger charge is -2.11. The van der Waals surface area contributed by atoms with Gasteiger partial charge in [0.05, 0.1) is 18.5 Å². The summed E-state index contributed by atoms with van der Waals surface area (Å²) >= 11 is 6.19. The van der Waals surface area contributed by atoms with Crippen molar-refractivity contribution < 1.29 is 13.6 Å². The molecule has 0 aliphatic heterocycles. The number of fused-ring (bicyclic) bond motifs is 1. The molecule has 0 fully saturated rings. The SMILES string of the molecule is CC(N)Cc1oc2c(NCc3ccco3)cc(Cl)nc2c1C(=O)N(C)C. The second-order valence-corrected chi connectivity index (χ2v) is 6.77. The van der Waals surface area contributed by atoms with Crippen LogP contribution in [0.5, 0.6) is 0 Å². The lowest BCUT2D eigenvalue weighted by molar-refractivity contribution is 0.0826. The number of nitrogens with one attached hydrogen (secondary N) is 1. The molecule has 26 heavy (non-hydrogen) atoms. The van der Waals surface area contributed by atoms with Crippen molar-refractivity contribution in [2.45, 2.75) is 25.9 Å². The third-order valence-corrected chi connectivity index (χ3v) is 4.04. The Morgan fingerprint density at radius 1 is 1.46 bits per heavy atom. The number of halogens is 1. The van der Waals surface area contributed by atoms with Crippen molar-refractivity contribution in [1.82, 2.24) is 9.88 Å². The van der Waals surface area contributed by atoms with Crippen molar-refractivity contribution in [3.05, 3.63) is 46.7 Å². The average Bonchev–Trinajstić information content (AvgIpc) is 3.18. The highest BCUT2D eigenvalue weighted by atomic mass is 35.5. The molecular formula is C18H21ClN4O3. The summed E-state index contributed by atoms with van der Waals surface area (Å²) in [6, 6.07) is 5.17. The van der Waals surface area contributed by atoms with Crippen LogP contribution in [0.25, 0.3) is 11.1 Å². The summed E-state index contributed by atoms with van der Waals surface area (Å²) in [6.45, 7) is 2.30. The molecule has 3 N–H and O–H groups in total. The smallest absolute Gasteiger partial charge is 0.259 e. The van der Waals surface area contributed by atoms with Gasteiger partial charge in [-0.1, -0.05) is 11.6 Å². The molecule has 3 aromatic rings. The molecule has 138 valence electrons. The maximum absolute atomic E-state index is 12.7. The number of carbonyl (C=O) groups excluding carboxylic acids is 1. The summed E-state index contributed by atoms with van der Waals surface area (Å²) in [7, 11) is 3.36. The van der Waals surface area contributed by atoms with E-state index in [4.69, 9.17) is 26.2 Å². The van der Waals surface area contributed by atoms with Crippen LogP contribution in [0.1, 0.15) is 28.8 Å². The van der Waals surface area contributed by atoms with E-state index in [1.165, 1.54) is 4.90 Å². The fraction of sp³-hybridized carbons (Fsp3) is 0.333. The number of anilines is 1. The molecule has 0 aromatic carbocycles. The van der Waals surface area contributed by atoms with Crippen molar-refractivity contribution >= 4 is 34.3 Å². The number of amides is 1. The zero-order chi connectivity index (χ0) is 18.8. The van der Waals surface area contributed by atoms with Crippen molar-refractivity contribution in [3.8, 4) is 0 Å². The zero-order valence-electron chi connectivity index (χ0n) is 14.9. The largest absolute Gasteiger partial charge is 0.467 e. The molecule has 1 unspecified atom stereocenters. The van der Waals surface area contributed by atoms with Gasteiger partial charge in [-0.2, -0.15) is 0 Å². The van der Waals surface area contributed by atoms with Gasteiger partial charge in [-0.15, -0.1) is 0 Å². The molecule has 3 rings (SSSR count). The van der Waals surface area contributed by atoms with Gasteiger partial charge in [-0.05, 0) is 19.1 Å². The van der Waals surface area contributed by atoms with Gasteiger partial charge in [0.15, 0.2) is 5.58 Å². The van der Waals surface area contributed by atoms with E-state index in [9.17, 15) is 4.79 Å². The van der Waals surface area contributed by atoms with Crippen molar-refractivity contribution in [2.24, 2.45) is 5.73 Å². The first kappa shape index (κ1) is 18.3. The molecule has 8 heteroatoms. The molecule has 7 nitrogen and oxygen atoms in total. The van der Waals surface area contributed by atoms with Crippen molar-refractivity contribution in [3.63, 3.8) is 0 Å². The van der Waals surface area contributed by atoms with E-state index in [0.717, 1.165) is 5.76 Å². The van der Waals surface area contributed by atoms with E-state index < -0.39 is 0 Å². The summed E-state index contributed by atoms with van der Waals surface area (Å²) in [5.74, 6) is 1.06. The molecule has 0 saturated carbocycles. The maximum Gasteiger partial charge on any atom is 0.259 e. The number of furan rings is 2. The van der Waals surface area contributed by atoms with Gasteiger partial charge >= 0.3 is 0 Å². The topological polar surface area (TPSA) is 97.5 Å². The molecular weight excluding hydrogens is 356 g/mol. The van der Waals surface area contributed by atoms with Gasteiger partial charge in [0, 0.05) is 32.6 Å². The number of hydrogen-bond donors (Lipinski definition) is 2. The molecule has 0 bridgehead atoms. The Morgan fingerprint density at radius 3 is 2.85 bits per heavy atom. The number of rotatable bonds is 6. The fourth-order valence-electron chi connectivity index (χ4n) is 2.69. The van der Waals surface area contributed by atoms with E-state index in [0.29, 0.717) is 41.1 Å². The van der Waals surface area contributed by atoms with Gasteiger partial charge in [0.25, 0.3) is 5.91 Å². The Hall–Kier alpha value is -2.51. The first-order valence-electron chi connectivity index (χ1n) is 8.22. The molecule has 0 aliphatic rings. The number of nitrogens with two attached hydrogens (primary N) is 1. The second-order valence-electron chi connectivity index (χ2n) is 6.38. The number of pyridine rings is 1. The van der Waals surface area contributed by atoms with Crippen LogP contribution in [0.4, 0.5) is 5.69 Å². The van der Waals surface area contributed by atoms with Crippen LogP contribution in [-0.4, -0.2) is 35.9 Å². The molecule has 3 aromatic heterocycles. The lowest BCUT2D eigenvalue weighted by atomic mass is 10.1. The third kappa shape index (κ3) is 3.68. The minimum absolute atomic E-state index is 0.167. The first-order chi connectivity index (χ1) is 12.4. The van der Waals surface area contributed by atoms with Crippen LogP contribution in [0.2, 0.25) is 5.15 Å². The summed E-state index contributed by atoms with van der Waals surface area (Å²) < 4.78 is 11.3. The normalized spacial score (nSPS) is 12.3. The Kier molecular flexibility index (Phi) is 5.20. The molecule has 0 spiro atoms. The van der Waals surface area contributed by atoms with Gasteiger partial charge in [-0.3, -0.25) is 4.79 Å². The predicted molar refractivity (Wildman–Crippen MR) is 100 cm³/mol. The second kappa shape index (κ2) is 7.39. The molecule has 3 heterocycles. The molecule has 0 radical (unpaired) electrons. The Morgan fingerprint density at radius 2 is 2.23 bits per heavy atom. The van der Waals surface area contributed by atoms with E-state index in [1.807, 2.05) is 19.1 Å². The Labute approximate surface area is 156 Å². The van der Waals surface area contributed by atoms with Crippen LogP contribution in [0.3, 0.4) is 0 Å². The third-order valence-electron chi connectivity index (χ3n) is 3.84. The maximum atomic E-state index is 12.7. The molecule has 0 aliphatic carbocycles. The van der Waals surface area contributed by atoms with Crippen LogP contribution >= 0.6 is 11.6 Å². The van der Waals surface area contributed by atoms with Crippen molar-refractivity contribution in [2.75, 3.05) is 19.4 Å². The molecule has 0 saturated heterocycles. The Bertz CT molecular complexity index is 916. The summed E-state index contributed by atoms with van der Waals surface area (Å²) in [5.41, 5.74) is 7.85. The highest BCUT2D eigenvalue weighted by Crippen LogP contribution is 2.33. The Balaban J connectivity index is 2.10. The first-order valence-corrected chi connectivity index (χ1v) is 8.60. The van der Waals surface area contributed by atoms with Gasteiger partial charge in [-0.25, -0.2) is 4.98 Å². The number of carbonyl (C=O) groups is 1. The van der Waals surface area contributed by atoms with E-state index in [-0.39, 0.29) is 17.1 Å². The number of aromatic nitrogens is 1.